The van der Waals surface area contributed by atoms with Gasteiger partial charge in [0.2, 0.25) is 0 Å². The molecule has 1 amide bonds. The van der Waals surface area contributed by atoms with Crippen LogP contribution in [0.5, 0.6) is 0 Å². The van der Waals surface area contributed by atoms with Gasteiger partial charge in [0.25, 0.3) is 0 Å². The zero-order valence-corrected chi connectivity index (χ0v) is 7.66. The maximum atomic E-state index is 10.6. The van der Waals surface area contributed by atoms with Gasteiger partial charge in [-0.1, -0.05) is 0 Å². The summed E-state index contributed by atoms with van der Waals surface area (Å²) in [6.45, 7) is 0. The Morgan fingerprint density at radius 3 is 2.67 bits per heavy atom. The summed E-state index contributed by atoms with van der Waals surface area (Å²) in [7, 11) is 0. The molecule has 4 heteroatoms. The molecule has 1 rings (SSSR count). The summed E-state index contributed by atoms with van der Waals surface area (Å²) in [5, 5.41) is 2.59. The van der Waals surface area contributed by atoms with E-state index in [1.807, 2.05) is 0 Å². The first kappa shape index (κ1) is 7.05. The fraction of sp³-hybridized carbons (Fsp3) is 0.600. The van der Waals surface area contributed by atoms with E-state index >= 15 is 0 Å². The summed E-state index contributed by atoms with van der Waals surface area (Å²) in [4.78, 5) is 21.1. The Balaban J connectivity index is 2.48. The van der Waals surface area contributed by atoms with Crippen LogP contribution >= 0.6 is 0 Å². The summed E-state index contributed by atoms with van der Waals surface area (Å²) in [6, 6.07) is -0.157. The third-order valence-corrected chi connectivity index (χ3v) is 2.31. The molecule has 1 aliphatic heterocycles. The van der Waals surface area contributed by atoms with E-state index in [0.29, 0.717) is 12.8 Å². The van der Waals surface area contributed by atoms with Gasteiger partial charge in [-0.2, -0.15) is 0 Å². The molecule has 1 fully saturated rings. The van der Waals surface area contributed by atoms with E-state index < -0.39 is 0 Å². The molecule has 0 aromatic heterocycles. The van der Waals surface area contributed by atoms with Crippen molar-refractivity contribution in [3.8, 4) is 0 Å². The molecule has 0 spiro atoms. The van der Waals surface area contributed by atoms with Crippen LogP contribution in [0.25, 0.3) is 0 Å². The number of carbonyl (C=O) groups excluding carboxylic acids is 2. The van der Waals surface area contributed by atoms with Crippen LogP contribution in [-0.2, 0) is 9.59 Å². The van der Waals surface area contributed by atoms with Gasteiger partial charge in [-0.15, -0.1) is 0 Å². The van der Waals surface area contributed by atoms with Crippen molar-refractivity contribution in [1.29, 1.82) is 0 Å². The van der Waals surface area contributed by atoms with Gasteiger partial charge < -0.3 is 0 Å². The minimum atomic E-state index is -0.157. The predicted molar refractivity (Wildman–Crippen MR) is 31.9 cm³/mol. The average Bonchev–Trinajstić information content (AvgIpc) is 2.14. The third-order valence-electron chi connectivity index (χ3n) is 1.31. The number of rotatable bonds is 1. The zero-order valence-electron chi connectivity index (χ0n) is 4.81. The molecule has 3 nitrogen and oxygen atoms in total. The Morgan fingerprint density at radius 2 is 2.44 bits per heavy atom. The number of hydrogen-bond acceptors (Lipinski definition) is 2. The summed E-state index contributed by atoms with van der Waals surface area (Å²) < 4.78 is 0.146. The van der Waals surface area contributed by atoms with Gasteiger partial charge in [-0.05, 0) is 0 Å². The first-order valence-corrected chi connectivity index (χ1v) is 4.17. The Kier molecular flexibility index (Phi) is 2.10. The van der Waals surface area contributed by atoms with E-state index in [0.717, 1.165) is 22.5 Å². The fourth-order valence-electron chi connectivity index (χ4n) is 0.811. The minimum absolute atomic E-state index is 0.00996. The molecule has 0 bridgehead atoms. The van der Waals surface area contributed by atoms with E-state index in [-0.39, 0.29) is 15.7 Å². The van der Waals surface area contributed by atoms with Crippen molar-refractivity contribution in [3.63, 3.8) is 0 Å². The second-order valence-corrected chi connectivity index (χ2v) is 3.43. The quantitative estimate of drug-likeness (QED) is 0.585. The Morgan fingerprint density at radius 1 is 1.78 bits per heavy atom. The second-order valence-electron chi connectivity index (χ2n) is 2.02. The van der Waals surface area contributed by atoms with Crippen LogP contribution in [0.4, 0.5) is 0 Å². The van der Waals surface area contributed by atoms with Crippen LogP contribution in [0, 0.1) is 0 Å². The average molecular weight is 231 g/mol. The molecule has 0 unspecified atom stereocenters. The molecule has 47 valence electrons. The van der Waals surface area contributed by atoms with Crippen molar-refractivity contribution in [2.24, 2.45) is 0 Å². The Labute approximate surface area is 66.3 Å². The van der Waals surface area contributed by atoms with Gasteiger partial charge in [-0.3, -0.25) is 0 Å². The third kappa shape index (κ3) is 1.67. The number of nitrogens with one attached hydrogen (secondary N) is 1. The van der Waals surface area contributed by atoms with Gasteiger partial charge in [-0.25, -0.2) is 0 Å². The molecule has 1 aliphatic rings. The van der Waals surface area contributed by atoms with Gasteiger partial charge in [0.1, 0.15) is 0 Å². The molecular formula is C5H6NO2Sn. The van der Waals surface area contributed by atoms with Crippen LogP contribution in [-0.4, -0.2) is 38.3 Å². The molecule has 3 radical (unpaired) electrons. The van der Waals surface area contributed by atoms with Crippen LogP contribution in [0.3, 0.4) is 0 Å². The molecular weight excluding hydrogens is 225 g/mol. The Hall–Kier alpha value is -0.0613. The van der Waals surface area contributed by atoms with Crippen molar-refractivity contribution in [2.75, 3.05) is 0 Å². The predicted octanol–water partition coefficient (Wildman–Crippen LogP) is -1.04. The molecule has 0 aromatic rings. The summed E-state index contributed by atoms with van der Waals surface area (Å²) in [5.74, 6) is 0.00996. The summed E-state index contributed by atoms with van der Waals surface area (Å²) in [5.41, 5.74) is 0. The second kappa shape index (κ2) is 2.68. The molecule has 1 heterocycles. The molecule has 1 atom stereocenters. The topological polar surface area (TPSA) is 46.2 Å². The van der Waals surface area contributed by atoms with E-state index in [1.165, 1.54) is 0 Å². The molecule has 0 saturated carbocycles. The fourth-order valence-corrected chi connectivity index (χ4v) is 1.43. The summed E-state index contributed by atoms with van der Waals surface area (Å²) >= 11 is 0.882. The summed E-state index contributed by atoms with van der Waals surface area (Å²) in [6.07, 6.45) is 1.22. The monoisotopic (exact) mass is 232 g/mol. The normalized spacial score (nSPS) is 25.9. The van der Waals surface area contributed by atoms with Gasteiger partial charge in [0, 0.05) is 0 Å². The molecule has 0 aliphatic carbocycles. The van der Waals surface area contributed by atoms with Crippen LogP contribution in [0.15, 0.2) is 0 Å². The molecule has 9 heavy (non-hydrogen) atoms. The standard InChI is InChI=1S/C5H6NO2.Sn/c7-3-4-1-2-5(8)6-4;/h4H,1-2H2,(H,6,8);/t4-;/m0./s1. The van der Waals surface area contributed by atoms with Crippen LogP contribution in [0.2, 0.25) is 0 Å². The first-order chi connectivity index (χ1) is 4.20. The first-order valence-electron chi connectivity index (χ1n) is 2.75. The zero-order chi connectivity index (χ0) is 6.85. The van der Waals surface area contributed by atoms with Crippen molar-refractivity contribution >= 4 is 32.2 Å². The van der Waals surface area contributed by atoms with Crippen LogP contribution in [0.1, 0.15) is 12.8 Å². The van der Waals surface area contributed by atoms with Crippen molar-refractivity contribution in [1.82, 2.24) is 5.32 Å². The Bertz CT molecular complexity index is 157. The van der Waals surface area contributed by atoms with Gasteiger partial charge >= 0.3 is 66.0 Å². The molecule has 1 N–H and O–H groups in total. The SMILES string of the molecule is O=C1CC[C@@H]([C](=O)[Sn])N1. The molecule has 0 aromatic carbocycles. The maximum absolute atomic E-state index is 10.6. The van der Waals surface area contributed by atoms with E-state index in [2.05, 4.69) is 5.32 Å². The molecule has 1 saturated heterocycles. The van der Waals surface area contributed by atoms with Crippen LogP contribution < -0.4 is 5.32 Å². The van der Waals surface area contributed by atoms with E-state index in [4.69, 9.17) is 0 Å². The van der Waals surface area contributed by atoms with Crippen molar-refractivity contribution < 1.29 is 9.59 Å². The van der Waals surface area contributed by atoms with Gasteiger partial charge in [0.15, 0.2) is 0 Å². The van der Waals surface area contributed by atoms with E-state index in [9.17, 15) is 9.59 Å². The van der Waals surface area contributed by atoms with Crippen molar-refractivity contribution in [3.05, 3.63) is 0 Å². The number of carbonyl (C=O) groups is 2. The number of hydrogen-bond donors (Lipinski definition) is 1. The number of amides is 1. The van der Waals surface area contributed by atoms with E-state index in [1.54, 1.807) is 0 Å². The van der Waals surface area contributed by atoms with Crippen molar-refractivity contribution in [2.45, 2.75) is 18.9 Å². The van der Waals surface area contributed by atoms with Gasteiger partial charge in [0.05, 0.1) is 0 Å².